The molecule has 0 aliphatic carbocycles. The van der Waals surface area contributed by atoms with Crippen molar-refractivity contribution >= 4 is 23.0 Å². The zero-order valence-corrected chi connectivity index (χ0v) is 15.0. The highest BCUT2D eigenvalue weighted by Gasteiger charge is 2.36. The van der Waals surface area contributed by atoms with Gasteiger partial charge in [-0.25, -0.2) is 4.79 Å². The molecule has 24 heavy (non-hydrogen) atoms. The lowest BCUT2D eigenvalue weighted by molar-refractivity contribution is 0.253. The smallest absolute Gasteiger partial charge is 0.308 e. The number of amides is 2. The number of rotatable bonds is 1. The van der Waals surface area contributed by atoms with Gasteiger partial charge >= 0.3 is 6.03 Å². The summed E-state index contributed by atoms with van der Waals surface area (Å²) in [6, 6.07) is 13.8. The lowest BCUT2D eigenvalue weighted by Gasteiger charge is -2.42. The van der Waals surface area contributed by atoms with Crippen LogP contribution < -0.4 is 10.2 Å². The van der Waals surface area contributed by atoms with Gasteiger partial charge in [-0.1, -0.05) is 35.9 Å². The number of fused-ring (bicyclic) bond motifs is 1. The Balaban J connectivity index is 2.08. The van der Waals surface area contributed by atoms with Crippen LogP contribution in [0.2, 0.25) is 0 Å². The topological polar surface area (TPSA) is 32.3 Å². The molecule has 1 aliphatic rings. The summed E-state index contributed by atoms with van der Waals surface area (Å²) >= 11 is 0. The van der Waals surface area contributed by atoms with Gasteiger partial charge in [-0.05, 0) is 64.0 Å². The first kappa shape index (κ1) is 16.3. The molecule has 0 atom stereocenters. The summed E-state index contributed by atoms with van der Waals surface area (Å²) in [6.07, 6.45) is 2.17. The van der Waals surface area contributed by atoms with Crippen molar-refractivity contribution in [1.29, 1.82) is 0 Å². The number of anilines is 2. The fraction of sp³-hybridized carbons (Fsp3) is 0.286. The fourth-order valence-electron chi connectivity index (χ4n) is 3.58. The quantitative estimate of drug-likeness (QED) is 0.735. The number of benzene rings is 2. The van der Waals surface area contributed by atoms with Crippen LogP contribution in [-0.4, -0.2) is 11.6 Å². The van der Waals surface area contributed by atoms with E-state index in [0.717, 1.165) is 22.5 Å². The third-order valence-electron chi connectivity index (χ3n) is 4.47. The molecule has 0 spiro atoms. The van der Waals surface area contributed by atoms with Crippen LogP contribution in [0.1, 0.15) is 37.5 Å². The molecular formula is C21H24N2O. The Hall–Kier alpha value is -2.55. The predicted molar refractivity (Wildman–Crippen MR) is 102 cm³/mol. The van der Waals surface area contributed by atoms with Crippen molar-refractivity contribution in [2.75, 3.05) is 10.2 Å². The van der Waals surface area contributed by atoms with E-state index in [-0.39, 0.29) is 6.03 Å². The molecule has 2 aromatic rings. The van der Waals surface area contributed by atoms with Gasteiger partial charge in [-0.2, -0.15) is 0 Å². The molecule has 1 N–H and O–H groups in total. The second-order valence-corrected chi connectivity index (χ2v) is 7.09. The van der Waals surface area contributed by atoms with Crippen LogP contribution in [0.25, 0.3) is 5.57 Å². The van der Waals surface area contributed by atoms with Crippen molar-refractivity contribution in [3.8, 4) is 0 Å². The maximum atomic E-state index is 13.1. The van der Waals surface area contributed by atoms with Gasteiger partial charge in [0.1, 0.15) is 0 Å². The van der Waals surface area contributed by atoms with E-state index in [1.54, 1.807) is 0 Å². The summed E-state index contributed by atoms with van der Waals surface area (Å²) in [5, 5.41) is 3.02. The first-order chi connectivity index (χ1) is 11.3. The Labute approximate surface area is 144 Å². The highest BCUT2D eigenvalue weighted by molar-refractivity contribution is 6.07. The van der Waals surface area contributed by atoms with Crippen molar-refractivity contribution in [1.82, 2.24) is 0 Å². The first-order valence-electron chi connectivity index (χ1n) is 8.27. The summed E-state index contributed by atoms with van der Waals surface area (Å²) in [5.74, 6) is 0. The van der Waals surface area contributed by atoms with Crippen LogP contribution >= 0.6 is 0 Å². The van der Waals surface area contributed by atoms with Gasteiger partial charge < -0.3 is 5.32 Å². The maximum Gasteiger partial charge on any atom is 0.327 e. The minimum Gasteiger partial charge on any atom is -0.308 e. The number of hydrogen-bond donors (Lipinski definition) is 1. The van der Waals surface area contributed by atoms with E-state index in [9.17, 15) is 4.79 Å². The molecule has 1 aliphatic heterocycles. The molecule has 0 unspecified atom stereocenters. The Bertz CT molecular complexity index is 819. The van der Waals surface area contributed by atoms with Crippen LogP contribution in [0.5, 0.6) is 0 Å². The molecular weight excluding hydrogens is 296 g/mol. The fourth-order valence-corrected chi connectivity index (χ4v) is 3.58. The number of hydrogen-bond acceptors (Lipinski definition) is 1. The van der Waals surface area contributed by atoms with E-state index in [2.05, 4.69) is 58.1 Å². The summed E-state index contributed by atoms with van der Waals surface area (Å²) < 4.78 is 0. The molecule has 3 nitrogen and oxygen atoms in total. The van der Waals surface area contributed by atoms with Crippen molar-refractivity contribution in [2.24, 2.45) is 0 Å². The molecule has 0 aromatic heterocycles. The SMILES string of the molecule is CC1=CC(C)(C)N(C(=O)Nc2ccccc2)c2c(C)cc(C)cc21. The molecule has 0 saturated heterocycles. The Morgan fingerprint density at radius 1 is 1.04 bits per heavy atom. The summed E-state index contributed by atoms with van der Waals surface area (Å²) in [6.45, 7) is 10.4. The highest BCUT2D eigenvalue weighted by atomic mass is 16.2. The maximum absolute atomic E-state index is 13.1. The van der Waals surface area contributed by atoms with Crippen LogP contribution in [-0.2, 0) is 0 Å². The number of carbonyl (C=O) groups is 1. The molecule has 0 bridgehead atoms. The Morgan fingerprint density at radius 2 is 1.71 bits per heavy atom. The number of nitrogens with zero attached hydrogens (tertiary/aromatic N) is 1. The van der Waals surface area contributed by atoms with Crippen molar-refractivity contribution < 1.29 is 4.79 Å². The molecule has 2 aromatic carbocycles. The van der Waals surface area contributed by atoms with Crippen molar-refractivity contribution in [3.63, 3.8) is 0 Å². The van der Waals surface area contributed by atoms with Gasteiger partial charge in [0.05, 0.1) is 11.2 Å². The number of aryl methyl sites for hydroxylation is 2. The summed E-state index contributed by atoms with van der Waals surface area (Å²) in [4.78, 5) is 14.9. The second kappa shape index (κ2) is 5.82. The van der Waals surface area contributed by atoms with Crippen molar-refractivity contribution in [2.45, 2.75) is 40.2 Å². The molecule has 0 saturated carbocycles. The van der Waals surface area contributed by atoms with Crippen molar-refractivity contribution in [3.05, 3.63) is 65.2 Å². The number of urea groups is 1. The third-order valence-corrected chi connectivity index (χ3v) is 4.47. The molecule has 0 fully saturated rings. The third kappa shape index (κ3) is 2.82. The highest BCUT2D eigenvalue weighted by Crippen LogP contribution is 2.41. The molecule has 3 rings (SSSR count). The first-order valence-corrected chi connectivity index (χ1v) is 8.27. The zero-order valence-electron chi connectivity index (χ0n) is 15.0. The Morgan fingerprint density at radius 3 is 2.38 bits per heavy atom. The monoisotopic (exact) mass is 320 g/mol. The minimum atomic E-state index is -0.393. The molecule has 2 amide bonds. The molecule has 124 valence electrons. The van der Waals surface area contributed by atoms with E-state index in [1.165, 1.54) is 11.1 Å². The van der Waals surface area contributed by atoms with E-state index >= 15 is 0 Å². The predicted octanol–water partition coefficient (Wildman–Crippen LogP) is 5.54. The van der Waals surface area contributed by atoms with Crippen LogP contribution in [0.3, 0.4) is 0 Å². The second-order valence-electron chi connectivity index (χ2n) is 7.09. The van der Waals surface area contributed by atoms with E-state index in [1.807, 2.05) is 35.2 Å². The molecule has 1 heterocycles. The van der Waals surface area contributed by atoms with Crippen LogP contribution in [0, 0.1) is 13.8 Å². The van der Waals surface area contributed by atoms with Gasteiger partial charge in [0.25, 0.3) is 0 Å². The average Bonchev–Trinajstić information content (AvgIpc) is 2.48. The van der Waals surface area contributed by atoms with Crippen LogP contribution in [0.15, 0.2) is 48.5 Å². The molecule has 3 heteroatoms. The minimum absolute atomic E-state index is 0.108. The van der Waals surface area contributed by atoms with E-state index in [4.69, 9.17) is 0 Å². The summed E-state index contributed by atoms with van der Waals surface area (Å²) in [7, 11) is 0. The summed E-state index contributed by atoms with van der Waals surface area (Å²) in [5.41, 5.74) is 6.09. The number of carbonyl (C=O) groups excluding carboxylic acids is 1. The van der Waals surface area contributed by atoms with Gasteiger partial charge in [-0.3, -0.25) is 4.90 Å². The normalized spacial score (nSPS) is 15.5. The lowest BCUT2D eigenvalue weighted by Crippen LogP contribution is -2.51. The number of allylic oxidation sites excluding steroid dienone is 1. The number of para-hydroxylation sites is 1. The largest absolute Gasteiger partial charge is 0.327 e. The van der Waals surface area contributed by atoms with Gasteiger partial charge in [-0.15, -0.1) is 0 Å². The van der Waals surface area contributed by atoms with Gasteiger partial charge in [0, 0.05) is 11.3 Å². The average molecular weight is 320 g/mol. The van der Waals surface area contributed by atoms with Crippen LogP contribution in [0.4, 0.5) is 16.2 Å². The van der Waals surface area contributed by atoms with Gasteiger partial charge in [0.2, 0.25) is 0 Å². The standard InChI is InChI=1S/C21H24N2O/c1-14-11-15(2)19-18(12-14)16(3)13-21(4,5)23(19)20(24)22-17-9-7-6-8-10-17/h6-13H,1-5H3,(H,22,24). The Kier molecular flexibility index (Phi) is 3.96. The molecule has 0 radical (unpaired) electrons. The van der Waals surface area contributed by atoms with E-state index in [0.29, 0.717) is 0 Å². The zero-order chi connectivity index (χ0) is 17.5. The number of nitrogens with one attached hydrogen (secondary N) is 1. The lowest BCUT2D eigenvalue weighted by atomic mass is 9.86. The van der Waals surface area contributed by atoms with Gasteiger partial charge in [0.15, 0.2) is 0 Å². The van der Waals surface area contributed by atoms with E-state index < -0.39 is 5.54 Å².